The number of hydrogen-bond donors (Lipinski definition) is 1. The highest BCUT2D eigenvalue weighted by Gasteiger charge is 2.20. The smallest absolute Gasteiger partial charge is 0.259 e. The van der Waals surface area contributed by atoms with Gasteiger partial charge in [0.05, 0.1) is 16.3 Å². The van der Waals surface area contributed by atoms with E-state index in [-0.39, 0.29) is 23.3 Å². The zero-order valence-electron chi connectivity index (χ0n) is 22.2. The molecule has 5 nitrogen and oxygen atoms in total. The molecule has 198 valence electrons. The molecule has 0 heterocycles. The topological polar surface area (TPSA) is 75.8 Å². The van der Waals surface area contributed by atoms with Crippen LogP contribution < -0.4 is 5.14 Å². The van der Waals surface area contributed by atoms with Crippen LogP contribution in [0.5, 0.6) is 0 Å². The third kappa shape index (κ3) is 7.26. The second-order valence-corrected chi connectivity index (χ2v) is 12.4. The van der Waals surface area contributed by atoms with Gasteiger partial charge in [0, 0.05) is 6.54 Å². The van der Waals surface area contributed by atoms with Crippen LogP contribution in [-0.4, -0.2) is 29.1 Å². The lowest BCUT2D eigenvalue weighted by molar-refractivity contribution is -0.117. The highest BCUT2D eigenvalue weighted by molar-refractivity contribution is 7.91. The lowest BCUT2D eigenvalue weighted by Crippen LogP contribution is -2.17. The van der Waals surface area contributed by atoms with E-state index in [1.165, 1.54) is 12.1 Å². The summed E-state index contributed by atoms with van der Waals surface area (Å²) in [6.45, 7) is 8.89. The Morgan fingerprint density at radius 3 is 2.03 bits per heavy atom. The van der Waals surface area contributed by atoms with Gasteiger partial charge in [-0.25, -0.2) is 13.7 Å². The van der Waals surface area contributed by atoms with E-state index >= 15 is 0 Å². The van der Waals surface area contributed by atoms with Gasteiger partial charge in [-0.15, -0.1) is 4.36 Å². The van der Waals surface area contributed by atoms with Gasteiger partial charge in [-0.3, -0.25) is 4.79 Å². The van der Waals surface area contributed by atoms with Gasteiger partial charge >= 0.3 is 0 Å². The minimum atomic E-state index is -3.39. The third-order valence-electron chi connectivity index (χ3n) is 6.14. The lowest BCUT2D eigenvalue weighted by Gasteiger charge is -2.21. The zero-order chi connectivity index (χ0) is 27.5. The number of benzene rings is 3. The molecule has 37 heavy (non-hydrogen) atoms. The molecule has 2 N–H and O–H groups in total. The molecular formula is C29H35ClFN3O2S. The molecule has 3 aromatic rings. The van der Waals surface area contributed by atoms with Crippen molar-refractivity contribution in [3.05, 3.63) is 87.7 Å². The summed E-state index contributed by atoms with van der Waals surface area (Å²) in [5.74, 6) is -0.853. The first-order valence-corrected chi connectivity index (χ1v) is 14.2. The number of halogens is 2. The number of hydrogen-bond acceptors (Lipinski definition) is 3. The van der Waals surface area contributed by atoms with Gasteiger partial charge in [0.1, 0.15) is 15.7 Å². The molecular weight excluding hydrogens is 509 g/mol. The molecule has 1 atom stereocenters. The van der Waals surface area contributed by atoms with Gasteiger partial charge in [0.15, 0.2) is 0 Å². The van der Waals surface area contributed by atoms with Crippen LogP contribution in [0.1, 0.15) is 61.8 Å². The van der Waals surface area contributed by atoms with Crippen LogP contribution in [0.3, 0.4) is 0 Å². The van der Waals surface area contributed by atoms with E-state index in [0.717, 1.165) is 34.4 Å². The maximum absolute atomic E-state index is 14.2. The Kier molecular flexibility index (Phi) is 9.29. The van der Waals surface area contributed by atoms with Crippen LogP contribution in [0.25, 0.3) is 11.1 Å². The average Bonchev–Trinajstić information content (AvgIpc) is 2.80. The van der Waals surface area contributed by atoms with Crippen molar-refractivity contribution in [2.45, 2.75) is 57.4 Å². The summed E-state index contributed by atoms with van der Waals surface area (Å²) in [7, 11) is 0.533. The van der Waals surface area contributed by atoms with Gasteiger partial charge in [-0.2, -0.15) is 0 Å². The predicted octanol–water partition coefficient (Wildman–Crippen LogP) is 6.92. The monoisotopic (exact) mass is 543 g/mol. The lowest BCUT2D eigenvalue weighted by atomic mass is 9.84. The number of carbonyl (C=O) groups is 1. The summed E-state index contributed by atoms with van der Waals surface area (Å²) in [6.07, 6.45) is -0.0246. The first-order chi connectivity index (χ1) is 17.3. The van der Waals surface area contributed by atoms with E-state index < -0.39 is 21.6 Å². The summed E-state index contributed by atoms with van der Waals surface area (Å²) in [5, 5.41) is 6.12. The molecule has 0 radical (unpaired) electrons. The molecule has 1 amide bonds. The fourth-order valence-electron chi connectivity index (χ4n) is 4.34. The Morgan fingerprint density at radius 2 is 1.54 bits per heavy atom. The van der Waals surface area contributed by atoms with Crippen molar-refractivity contribution in [2.24, 2.45) is 9.50 Å². The summed E-state index contributed by atoms with van der Waals surface area (Å²) in [5.41, 5.74) is 5.34. The van der Waals surface area contributed by atoms with Gasteiger partial charge in [0.25, 0.3) is 5.91 Å². The molecule has 0 bridgehead atoms. The highest BCUT2D eigenvalue weighted by atomic mass is 35.5. The summed E-state index contributed by atoms with van der Waals surface area (Å²) in [6, 6.07) is 15.7. The fourth-order valence-corrected chi connectivity index (χ4v) is 5.45. The van der Waals surface area contributed by atoms with Gasteiger partial charge < -0.3 is 4.90 Å². The summed E-state index contributed by atoms with van der Waals surface area (Å²) < 4.78 is 31.3. The van der Waals surface area contributed by atoms with Gasteiger partial charge in [-0.1, -0.05) is 69.6 Å². The SMILES string of the molecule is CC(C)c1cc(-c2ccc(Cl)c(F)c2)cc(C(C)C)c1CC(=O)N=S(N)(=O)c1ccc(CN(C)C)cc1. The number of nitrogens with two attached hydrogens (primary N) is 1. The second-order valence-electron chi connectivity index (χ2n) is 10.2. The van der Waals surface area contributed by atoms with E-state index in [2.05, 4.69) is 4.36 Å². The minimum absolute atomic E-state index is 0.0246. The number of carbonyl (C=O) groups excluding carboxylic acids is 1. The van der Waals surface area contributed by atoms with Crippen molar-refractivity contribution in [1.29, 1.82) is 0 Å². The Morgan fingerprint density at radius 1 is 0.973 bits per heavy atom. The van der Waals surface area contributed by atoms with Crippen LogP contribution in [0.4, 0.5) is 4.39 Å². The van der Waals surface area contributed by atoms with Crippen molar-refractivity contribution in [2.75, 3.05) is 14.1 Å². The molecule has 1 unspecified atom stereocenters. The molecule has 0 aliphatic heterocycles. The van der Waals surface area contributed by atoms with E-state index in [9.17, 15) is 13.4 Å². The van der Waals surface area contributed by atoms with Crippen LogP contribution in [-0.2, 0) is 27.7 Å². The van der Waals surface area contributed by atoms with E-state index in [4.69, 9.17) is 16.7 Å². The first kappa shape index (κ1) is 29.0. The number of amides is 1. The molecule has 3 rings (SSSR count). The number of rotatable bonds is 8. The van der Waals surface area contributed by atoms with Gasteiger partial charge in [-0.05, 0) is 83.6 Å². The average molecular weight is 544 g/mol. The third-order valence-corrected chi connectivity index (χ3v) is 7.87. The number of nitrogens with zero attached hydrogens (tertiary/aromatic N) is 2. The highest BCUT2D eigenvalue weighted by Crippen LogP contribution is 2.35. The molecule has 3 aromatic carbocycles. The molecule has 0 saturated heterocycles. The maximum Gasteiger partial charge on any atom is 0.259 e. The standard InChI is InChI=1S/C29H35ClFN3O2S/c1-18(2)24-13-22(21-9-12-27(30)28(31)15-21)14-25(19(3)4)26(24)16-29(35)33-37(32,36)23-10-7-20(8-11-23)17-34(5)6/h7-15,18-19H,16-17H2,1-6H3,(H2,32,33,35,36). The Hall–Kier alpha value is -2.58. The fraction of sp³-hybridized carbons (Fsp3) is 0.345. The largest absolute Gasteiger partial charge is 0.305 e. The predicted molar refractivity (Wildman–Crippen MR) is 151 cm³/mol. The quantitative estimate of drug-likeness (QED) is 0.335. The van der Waals surface area contributed by atoms with Crippen LogP contribution in [0.2, 0.25) is 5.02 Å². The van der Waals surface area contributed by atoms with Gasteiger partial charge in [0.2, 0.25) is 0 Å². The normalized spacial score (nSPS) is 13.3. The van der Waals surface area contributed by atoms with E-state index in [0.29, 0.717) is 10.5 Å². The Bertz CT molecular complexity index is 1380. The molecule has 0 aromatic heterocycles. The van der Waals surface area contributed by atoms with Crippen LogP contribution >= 0.6 is 11.6 Å². The van der Waals surface area contributed by atoms with Crippen LogP contribution in [0.15, 0.2) is 63.9 Å². The maximum atomic E-state index is 14.2. The molecule has 0 saturated carbocycles. The van der Waals surface area contributed by atoms with Crippen molar-refractivity contribution in [3.8, 4) is 11.1 Å². The molecule has 0 spiro atoms. The van der Waals surface area contributed by atoms with Crippen molar-refractivity contribution < 1.29 is 13.4 Å². The van der Waals surface area contributed by atoms with Crippen LogP contribution in [0, 0.1) is 5.82 Å². The molecule has 0 fully saturated rings. The van der Waals surface area contributed by atoms with E-state index in [1.807, 2.05) is 71.0 Å². The first-order valence-electron chi connectivity index (χ1n) is 12.2. The molecule has 0 aliphatic carbocycles. The minimum Gasteiger partial charge on any atom is -0.305 e. The second kappa shape index (κ2) is 11.9. The Balaban J connectivity index is 2.01. The van der Waals surface area contributed by atoms with Crippen molar-refractivity contribution in [3.63, 3.8) is 0 Å². The zero-order valence-corrected chi connectivity index (χ0v) is 23.8. The van der Waals surface area contributed by atoms with Crippen molar-refractivity contribution >= 4 is 27.4 Å². The van der Waals surface area contributed by atoms with Crippen molar-refractivity contribution in [1.82, 2.24) is 4.90 Å². The molecule has 8 heteroatoms. The Labute approximate surface area is 225 Å². The van der Waals surface area contributed by atoms with E-state index in [1.54, 1.807) is 18.2 Å². The summed E-state index contributed by atoms with van der Waals surface area (Å²) >= 11 is 5.88. The summed E-state index contributed by atoms with van der Waals surface area (Å²) in [4.78, 5) is 15.4. The molecule has 0 aliphatic rings.